The second-order valence-corrected chi connectivity index (χ2v) is 24.8. The third kappa shape index (κ3) is 32.1. The fourth-order valence-electron chi connectivity index (χ4n) is 10.5. The molecular formula is C90H89F2Ir4N17O4-6. The largest absolute Gasteiger partial charge is 0.512 e. The summed E-state index contributed by atoms with van der Waals surface area (Å²) in [4.78, 5) is 50.3. The second kappa shape index (κ2) is 53.2. The topological polar surface area (TPSA) is 254 Å². The number of para-hydroxylation sites is 2. The average Bonchev–Trinajstić information content (AvgIpc) is 1.71. The molecule has 7 aromatic heterocycles. The predicted octanol–water partition coefficient (Wildman–Crippen LogP) is 17.1. The summed E-state index contributed by atoms with van der Waals surface area (Å²) in [6.45, 7) is 13.3. The van der Waals surface area contributed by atoms with Crippen LogP contribution in [0.5, 0.6) is 0 Å². The van der Waals surface area contributed by atoms with Crippen molar-refractivity contribution in [2.24, 2.45) is 21.1 Å². The molecule has 117 heavy (non-hydrogen) atoms. The Morgan fingerprint density at radius 3 is 1.36 bits per heavy atom. The number of pyridine rings is 2. The number of aromatic carboxylic acids is 1. The number of benzene rings is 8. The summed E-state index contributed by atoms with van der Waals surface area (Å²) in [6.07, 6.45) is 12.2. The summed E-state index contributed by atoms with van der Waals surface area (Å²) in [5.74, 6) is 6.35. The van der Waals surface area contributed by atoms with E-state index in [0.29, 0.717) is 5.69 Å². The molecule has 0 aliphatic carbocycles. The molecular weight excluding hydrogens is 2190 g/mol. The molecule has 0 saturated carbocycles. The molecule has 27 heteroatoms. The van der Waals surface area contributed by atoms with Gasteiger partial charge in [-0.1, -0.05) is 93.9 Å². The van der Waals surface area contributed by atoms with Gasteiger partial charge in [0.2, 0.25) is 0 Å². The molecule has 15 rings (SSSR count). The van der Waals surface area contributed by atoms with E-state index in [2.05, 4.69) is 124 Å². The van der Waals surface area contributed by atoms with Crippen LogP contribution in [-0.2, 0) is 132 Å². The molecule has 15 aromatic rings. The van der Waals surface area contributed by atoms with Crippen molar-refractivity contribution in [3.05, 3.63) is 338 Å². The van der Waals surface area contributed by atoms with Crippen molar-refractivity contribution >= 4 is 11.8 Å². The van der Waals surface area contributed by atoms with Crippen LogP contribution >= 0.6 is 0 Å². The van der Waals surface area contributed by atoms with E-state index in [1.807, 2.05) is 233 Å². The Kier molecular flexibility index (Phi) is 44.7. The maximum absolute atomic E-state index is 13.2. The number of aliphatic hydroxyl groups excluding tert-OH is 1. The molecule has 0 amide bonds. The first-order valence-electron chi connectivity index (χ1n) is 36.7. The van der Waals surface area contributed by atoms with Gasteiger partial charge in [0, 0.05) is 157 Å². The van der Waals surface area contributed by atoms with E-state index in [1.54, 1.807) is 36.5 Å². The zero-order valence-corrected chi connectivity index (χ0v) is 75.8. The summed E-state index contributed by atoms with van der Waals surface area (Å²) >= 11 is 0. The number of carboxylic acid groups (broad SMARTS) is 1. The van der Waals surface area contributed by atoms with E-state index in [4.69, 9.17) is 10.2 Å². The van der Waals surface area contributed by atoms with Gasteiger partial charge >= 0.3 is 5.97 Å². The first-order valence-corrected chi connectivity index (χ1v) is 36.7. The number of hydrogen-bond donors (Lipinski definition) is 2. The van der Waals surface area contributed by atoms with Crippen LogP contribution in [0.3, 0.4) is 0 Å². The molecule has 7 heterocycles. The molecule has 0 bridgehead atoms. The normalized spacial score (nSPS) is 10.1. The standard InChI is InChI=1S/C17H16N3.C15H12N3.3C12H14N3.C11H6F2N.C6H5NO2.C5H8O2.4Ir/c1-2-9-16-18-17(14-10-5-3-6-11-14)19-20(16)15-12-7-4-8-13-15;1-12-16-15(13-8-4-2-5-9-13)18(17-12)14-10-6-3-7-11-14;1-3-7-11-13-12(14-15(11)2)10-8-5-4-6-9-10;2*1-3-7-11-13-12(15(2)14-11)10-8-5-4-6-9-10;12-8-4-5-9(10(13)7-8)11-3-1-2-6-14-11;8-6(9)5-3-1-2-4-7-5;1-4(6)3-5(2)7;;;;/h3-8,10,12-13H,2,9H2,1H3;2-8,10-11H,1H3;3*4-6,8H,3,7H2,1-2H3;1-4,6-7H;1-4H,(H,8,9);3,6H,1-2H3;;;;/q6*-1;;;;;;. The van der Waals surface area contributed by atoms with Crippen molar-refractivity contribution in [2.45, 2.75) is 99.8 Å². The molecule has 4 radical (unpaired) electrons. The van der Waals surface area contributed by atoms with Gasteiger partial charge in [0.15, 0.2) is 5.78 Å². The zero-order chi connectivity index (χ0) is 80.7. The van der Waals surface area contributed by atoms with Gasteiger partial charge in [-0.05, 0) is 94.6 Å². The number of aromatic nitrogens is 17. The number of carbonyl (C=O) groups is 2. The van der Waals surface area contributed by atoms with Gasteiger partial charge < -0.3 is 15.2 Å². The number of carboxylic acids is 1. The number of rotatable bonds is 18. The number of aryl methyl sites for hydroxylation is 8. The van der Waals surface area contributed by atoms with Crippen LogP contribution in [-0.4, -0.2) is 96.1 Å². The van der Waals surface area contributed by atoms with Gasteiger partial charge in [-0.2, -0.15) is 20.4 Å². The number of allylic oxidation sites excluding steroid dienone is 2. The third-order valence-corrected chi connectivity index (χ3v) is 15.6. The minimum absolute atomic E-state index is 0. The van der Waals surface area contributed by atoms with Gasteiger partial charge in [-0.3, -0.25) is 57.2 Å². The molecule has 0 unspecified atom stereocenters. The summed E-state index contributed by atoms with van der Waals surface area (Å²) < 4.78 is 35.1. The zero-order valence-electron chi connectivity index (χ0n) is 66.2. The molecule has 614 valence electrons. The van der Waals surface area contributed by atoms with E-state index < -0.39 is 17.6 Å². The van der Waals surface area contributed by atoms with Crippen molar-refractivity contribution in [2.75, 3.05) is 0 Å². The number of aliphatic hydroxyl groups is 1. The van der Waals surface area contributed by atoms with Crippen LogP contribution in [0.15, 0.2) is 255 Å². The molecule has 0 atom stereocenters. The molecule has 0 fully saturated rings. The van der Waals surface area contributed by atoms with Crippen LogP contribution in [0.25, 0.3) is 79.6 Å². The van der Waals surface area contributed by atoms with Crippen LogP contribution in [0, 0.1) is 55.0 Å². The number of halogens is 2. The van der Waals surface area contributed by atoms with E-state index in [9.17, 15) is 18.4 Å². The van der Waals surface area contributed by atoms with Crippen molar-refractivity contribution in [3.63, 3.8) is 0 Å². The Bertz CT molecular complexity index is 5180. The predicted molar refractivity (Wildman–Crippen MR) is 432 cm³/mol. The summed E-state index contributed by atoms with van der Waals surface area (Å²) in [5.41, 5.74) is 7.59. The van der Waals surface area contributed by atoms with Crippen molar-refractivity contribution < 1.29 is 114 Å². The first kappa shape index (κ1) is 98.3. The quantitative estimate of drug-likeness (QED) is 0.0350. The van der Waals surface area contributed by atoms with Gasteiger partial charge in [-0.25, -0.2) is 19.6 Å². The van der Waals surface area contributed by atoms with Crippen molar-refractivity contribution in [1.82, 2.24) is 79.1 Å². The average molecular weight is 2280 g/mol. The van der Waals surface area contributed by atoms with E-state index in [1.165, 1.54) is 32.2 Å². The fraction of sp³-hybridized carbons (Fsp3) is 0.200. The third-order valence-electron chi connectivity index (χ3n) is 15.6. The Morgan fingerprint density at radius 2 is 0.949 bits per heavy atom. The Labute approximate surface area is 736 Å². The van der Waals surface area contributed by atoms with Gasteiger partial charge in [0.25, 0.3) is 0 Å². The summed E-state index contributed by atoms with van der Waals surface area (Å²) in [5, 5.41) is 38.9. The van der Waals surface area contributed by atoms with Gasteiger partial charge in [0.05, 0.1) is 46.3 Å². The molecule has 8 aromatic carbocycles. The van der Waals surface area contributed by atoms with Crippen LogP contribution in [0.4, 0.5) is 8.78 Å². The number of ketones is 1. The Morgan fingerprint density at radius 1 is 0.496 bits per heavy atom. The van der Waals surface area contributed by atoms with Crippen LogP contribution in [0.2, 0.25) is 0 Å². The molecule has 0 aliphatic heterocycles. The minimum Gasteiger partial charge on any atom is -0.512 e. The Balaban J connectivity index is 0.000000284. The van der Waals surface area contributed by atoms with E-state index >= 15 is 0 Å². The second-order valence-electron chi connectivity index (χ2n) is 24.8. The monoisotopic (exact) mass is 2280 g/mol. The van der Waals surface area contributed by atoms with Gasteiger partial charge in [-0.15, -0.1) is 192 Å². The van der Waals surface area contributed by atoms with Crippen molar-refractivity contribution in [1.29, 1.82) is 0 Å². The molecule has 2 N–H and O–H groups in total. The van der Waals surface area contributed by atoms with Gasteiger partial charge in [0.1, 0.15) is 34.8 Å². The van der Waals surface area contributed by atoms with E-state index in [-0.39, 0.29) is 103 Å². The summed E-state index contributed by atoms with van der Waals surface area (Å²) in [6, 6.07) is 89.3. The van der Waals surface area contributed by atoms with Crippen LogP contribution < -0.4 is 9.67 Å². The first-order chi connectivity index (χ1) is 54.9. The maximum Gasteiger partial charge on any atom is 0.354 e. The van der Waals surface area contributed by atoms with Crippen LogP contribution in [0.1, 0.15) is 107 Å². The summed E-state index contributed by atoms with van der Waals surface area (Å²) in [7, 11) is 5.77. The fourth-order valence-corrected chi connectivity index (χ4v) is 10.5. The molecule has 0 spiro atoms. The van der Waals surface area contributed by atoms with Crippen molar-refractivity contribution in [3.8, 4) is 79.6 Å². The smallest absolute Gasteiger partial charge is 0.354 e. The molecule has 0 saturated heterocycles. The van der Waals surface area contributed by atoms with E-state index in [0.717, 1.165) is 161 Å². The molecule has 21 nitrogen and oxygen atoms in total. The number of hydrogen-bond acceptors (Lipinski definition) is 14. The minimum atomic E-state index is -0.990. The number of nitrogens with zero attached hydrogens (tertiary/aromatic N) is 17. The number of carbonyl (C=O) groups excluding carboxylic acids is 1. The SMILES string of the molecule is CC(=O)C=C(C)O.CCCc1[n-]c(-c2[c-]cccc2)n[n+]1C.CCCc1nc(-c2[c-]cccc2)n(C)n1.CCCc1nc(-c2[c-]cccc2)n(C)n1.CCCc1nc(-c2[c-]cccc2)nn1-c1ccccc1.Cc1nc(-c2[c-]cccc2)n(-c2ccccc2)n1.Fc1c[c-]c(-c2ccccn2)c(F)c1.O=C(O)c1ccccn1.[Ir].[Ir].[Ir].[Ir]. The Hall–Kier alpha value is -11.1. The maximum atomic E-state index is 13.2. The molecule has 0 aliphatic rings.